The van der Waals surface area contributed by atoms with Crippen LogP contribution in [-0.4, -0.2) is 26.3 Å². The number of carbonyl (C=O) groups is 1. The molecule has 0 amide bonds. The third-order valence-corrected chi connectivity index (χ3v) is 5.77. The fourth-order valence-corrected chi connectivity index (χ4v) is 4.23. The minimum absolute atomic E-state index is 0.0338. The molecule has 4 nitrogen and oxygen atoms in total. The summed E-state index contributed by atoms with van der Waals surface area (Å²) in [6, 6.07) is 6.38. The number of benzene rings is 1. The summed E-state index contributed by atoms with van der Waals surface area (Å²) in [4.78, 5) is 13.1. The van der Waals surface area contributed by atoms with Gasteiger partial charge in [-0.2, -0.15) is 0 Å². The van der Waals surface area contributed by atoms with Crippen LogP contribution in [0.15, 0.2) is 24.3 Å². The highest BCUT2D eigenvalue weighted by Gasteiger charge is 2.33. The van der Waals surface area contributed by atoms with Gasteiger partial charge >= 0.3 is 5.97 Å². The van der Waals surface area contributed by atoms with Crippen LogP contribution in [0.1, 0.15) is 43.6 Å². The third-order valence-electron chi connectivity index (χ3n) is 4.57. The molecule has 1 unspecified atom stereocenters. The number of esters is 1. The zero-order chi connectivity index (χ0) is 20.1. The molecule has 152 valence electrons. The molecule has 1 atom stereocenters. The van der Waals surface area contributed by atoms with Gasteiger partial charge in [-0.1, -0.05) is 0 Å². The molecule has 2 aromatic rings. The van der Waals surface area contributed by atoms with E-state index in [9.17, 15) is 13.6 Å². The number of hydrogen-bond donors (Lipinski definition) is 0. The summed E-state index contributed by atoms with van der Waals surface area (Å²) in [7, 11) is 1.69. The molecule has 1 aliphatic rings. The Morgan fingerprint density at radius 1 is 1.25 bits per heavy atom. The van der Waals surface area contributed by atoms with Crippen molar-refractivity contribution in [1.29, 1.82) is 0 Å². The number of halogens is 2. The summed E-state index contributed by atoms with van der Waals surface area (Å²) >= 11 is 1.49. The predicted molar refractivity (Wildman–Crippen MR) is 104 cm³/mol. The molecule has 0 saturated heterocycles. The number of ether oxygens (including phenoxy) is 3. The Bertz CT molecular complexity index is 793. The van der Waals surface area contributed by atoms with Gasteiger partial charge in [-0.3, -0.25) is 4.79 Å². The third kappa shape index (κ3) is 5.08. The fraction of sp³-hybridized carbons (Fsp3) is 0.476. The van der Waals surface area contributed by atoms with Crippen LogP contribution in [0, 0.1) is 17.6 Å². The van der Waals surface area contributed by atoms with Crippen molar-refractivity contribution in [3.05, 3.63) is 40.8 Å². The summed E-state index contributed by atoms with van der Waals surface area (Å²) in [6.07, 6.45) is 2.83. The Labute approximate surface area is 167 Å². The number of rotatable bonds is 10. The maximum Gasteiger partial charge on any atom is 0.305 e. The van der Waals surface area contributed by atoms with Gasteiger partial charge in [-0.05, 0) is 61.9 Å². The summed E-state index contributed by atoms with van der Waals surface area (Å²) in [5, 5.41) is 0. The van der Waals surface area contributed by atoms with E-state index in [0.29, 0.717) is 24.5 Å². The Morgan fingerprint density at radius 2 is 1.96 bits per heavy atom. The van der Waals surface area contributed by atoms with E-state index >= 15 is 0 Å². The quantitative estimate of drug-likeness (QED) is 0.383. The molecular formula is C21H24F2O4S. The number of methoxy groups -OCH3 is 1. The summed E-state index contributed by atoms with van der Waals surface area (Å²) in [5.74, 6) is -1.75. The molecule has 1 heterocycles. The minimum atomic E-state index is -0.758. The number of carbonyl (C=O) groups excluding carboxylic acids is 1. The first-order chi connectivity index (χ1) is 13.5. The summed E-state index contributed by atoms with van der Waals surface area (Å²) in [5.41, 5.74) is 0.468. The first kappa shape index (κ1) is 20.7. The van der Waals surface area contributed by atoms with E-state index in [1.807, 2.05) is 12.1 Å². The van der Waals surface area contributed by atoms with Crippen molar-refractivity contribution in [3.8, 4) is 16.2 Å². The zero-order valence-corrected chi connectivity index (χ0v) is 16.8. The van der Waals surface area contributed by atoms with Crippen molar-refractivity contribution in [2.24, 2.45) is 5.92 Å². The lowest BCUT2D eigenvalue weighted by atomic mass is 10.1. The standard InChI is InChI=1S/C21H24F2O4S/c1-3-26-19(24)5-4-10-27-21-15(22)11-14(12-16(21)23)17-8-9-18(28-17)20(25-2)13-6-7-13/h8-9,11-13,20H,3-7,10H2,1-2H3. The van der Waals surface area contributed by atoms with E-state index in [2.05, 4.69) is 0 Å². The van der Waals surface area contributed by atoms with E-state index in [4.69, 9.17) is 14.2 Å². The van der Waals surface area contributed by atoms with Gasteiger partial charge in [0.05, 0.1) is 19.3 Å². The van der Waals surface area contributed by atoms with Gasteiger partial charge in [-0.15, -0.1) is 11.3 Å². The first-order valence-electron chi connectivity index (χ1n) is 9.43. The molecule has 1 aliphatic carbocycles. The Morgan fingerprint density at radius 3 is 2.57 bits per heavy atom. The molecule has 0 radical (unpaired) electrons. The molecular weight excluding hydrogens is 386 g/mol. The smallest absolute Gasteiger partial charge is 0.305 e. The maximum atomic E-state index is 14.4. The van der Waals surface area contributed by atoms with Gasteiger partial charge in [0, 0.05) is 23.3 Å². The van der Waals surface area contributed by atoms with Gasteiger partial charge in [-0.25, -0.2) is 8.78 Å². The average molecular weight is 410 g/mol. The van der Waals surface area contributed by atoms with E-state index in [0.717, 1.165) is 22.6 Å². The minimum Gasteiger partial charge on any atom is -0.488 e. The van der Waals surface area contributed by atoms with Crippen molar-refractivity contribution in [3.63, 3.8) is 0 Å². The molecule has 1 saturated carbocycles. The van der Waals surface area contributed by atoms with Crippen LogP contribution in [0.3, 0.4) is 0 Å². The molecule has 1 aromatic carbocycles. The lowest BCUT2D eigenvalue weighted by Crippen LogP contribution is -2.08. The average Bonchev–Trinajstić information content (AvgIpc) is 3.37. The van der Waals surface area contributed by atoms with Crippen LogP contribution >= 0.6 is 11.3 Å². The Kier molecular flexibility index (Phi) is 7.02. The van der Waals surface area contributed by atoms with Gasteiger partial charge in [0.1, 0.15) is 0 Å². The summed E-state index contributed by atoms with van der Waals surface area (Å²) < 4.78 is 44.4. The van der Waals surface area contributed by atoms with Crippen molar-refractivity contribution >= 4 is 17.3 Å². The second-order valence-corrected chi connectivity index (χ2v) is 7.84. The van der Waals surface area contributed by atoms with Crippen molar-refractivity contribution in [2.45, 2.75) is 38.7 Å². The van der Waals surface area contributed by atoms with E-state index in [1.165, 1.54) is 23.5 Å². The van der Waals surface area contributed by atoms with Gasteiger partial charge in [0.2, 0.25) is 0 Å². The van der Waals surface area contributed by atoms with Crippen LogP contribution in [0.2, 0.25) is 0 Å². The molecule has 1 aromatic heterocycles. The van der Waals surface area contributed by atoms with Crippen LogP contribution < -0.4 is 4.74 Å². The lowest BCUT2D eigenvalue weighted by Gasteiger charge is -2.12. The van der Waals surface area contributed by atoms with Crippen LogP contribution in [-0.2, 0) is 14.3 Å². The van der Waals surface area contributed by atoms with Crippen molar-refractivity contribution < 1.29 is 27.8 Å². The fourth-order valence-electron chi connectivity index (χ4n) is 3.06. The SMILES string of the molecule is CCOC(=O)CCCOc1c(F)cc(-c2ccc(C(OC)C3CC3)s2)cc1F. The molecule has 0 bridgehead atoms. The Balaban J connectivity index is 1.65. The van der Waals surface area contributed by atoms with Gasteiger partial charge in [0.25, 0.3) is 0 Å². The predicted octanol–water partition coefficient (Wildman–Crippen LogP) is 5.51. The normalized spacial score (nSPS) is 14.7. The monoisotopic (exact) mass is 410 g/mol. The van der Waals surface area contributed by atoms with E-state index in [1.54, 1.807) is 14.0 Å². The van der Waals surface area contributed by atoms with Crippen LogP contribution in [0.4, 0.5) is 8.78 Å². The second kappa shape index (κ2) is 9.47. The molecule has 3 rings (SSSR count). The Hall–Kier alpha value is -1.99. The second-order valence-electron chi connectivity index (χ2n) is 6.72. The molecule has 0 N–H and O–H groups in total. The largest absolute Gasteiger partial charge is 0.488 e. The van der Waals surface area contributed by atoms with Crippen LogP contribution in [0.5, 0.6) is 5.75 Å². The van der Waals surface area contributed by atoms with Crippen LogP contribution in [0.25, 0.3) is 10.4 Å². The van der Waals surface area contributed by atoms with Gasteiger partial charge < -0.3 is 14.2 Å². The zero-order valence-electron chi connectivity index (χ0n) is 16.0. The molecule has 7 heteroatoms. The van der Waals surface area contributed by atoms with E-state index < -0.39 is 17.4 Å². The highest BCUT2D eigenvalue weighted by molar-refractivity contribution is 7.15. The number of thiophene rings is 1. The van der Waals surface area contributed by atoms with Gasteiger partial charge in [0.15, 0.2) is 17.4 Å². The van der Waals surface area contributed by atoms with E-state index in [-0.39, 0.29) is 25.1 Å². The maximum absolute atomic E-state index is 14.4. The topological polar surface area (TPSA) is 44.8 Å². The molecule has 28 heavy (non-hydrogen) atoms. The molecule has 0 aliphatic heterocycles. The van der Waals surface area contributed by atoms with Crippen molar-refractivity contribution in [2.75, 3.05) is 20.3 Å². The highest BCUT2D eigenvalue weighted by atomic mass is 32.1. The molecule has 0 spiro atoms. The lowest BCUT2D eigenvalue weighted by molar-refractivity contribution is -0.143. The summed E-state index contributed by atoms with van der Waals surface area (Å²) in [6.45, 7) is 2.06. The van der Waals surface area contributed by atoms with Crippen molar-refractivity contribution in [1.82, 2.24) is 0 Å². The highest BCUT2D eigenvalue weighted by Crippen LogP contribution is 2.46. The molecule has 1 fully saturated rings. The number of hydrogen-bond acceptors (Lipinski definition) is 5. The first-order valence-corrected chi connectivity index (χ1v) is 10.3.